The van der Waals surface area contributed by atoms with E-state index in [1.54, 1.807) is 0 Å². The molecular formula is C22H36O4Si. The predicted molar refractivity (Wildman–Crippen MR) is 113 cm³/mol. The van der Waals surface area contributed by atoms with Crippen LogP contribution in [0.15, 0.2) is 43.0 Å². The molecular weight excluding hydrogens is 356 g/mol. The van der Waals surface area contributed by atoms with Crippen LogP contribution in [-0.2, 0) is 25.3 Å². The van der Waals surface area contributed by atoms with Crippen molar-refractivity contribution >= 4 is 14.3 Å². The van der Waals surface area contributed by atoms with Crippen LogP contribution in [0, 0.1) is 11.8 Å². The van der Waals surface area contributed by atoms with Crippen molar-refractivity contribution in [3.8, 4) is 0 Å². The molecule has 4 nitrogen and oxygen atoms in total. The lowest BCUT2D eigenvalue weighted by Gasteiger charge is -2.40. The van der Waals surface area contributed by atoms with Crippen molar-refractivity contribution in [2.24, 2.45) is 11.8 Å². The maximum atomic E-state index is 12.5. The highest BCUT2D eigenvalue weighted by atomic mass is 28.4. The number of carbonyl (C=O) groups is 1. The van der Waals surface area contributed by atoms with Gasteiger partial charge in [0, 0.05) is 11.8 Å². The molecule has 0 unspecified atom stereocenters. The summed E-state index contributed by atoms with van der Waals surface area (Å²) in [7, 11) is -0.720. The molecule has 0 radical (unpaired) electrons. The van der Waals surface area contributed by atoms with E-state index in [2.05, 4.69) is 40.4 Å². The third kappa shape index (κ3) is 6.90. The van der Waals surface area contributed by atoms with Crippen molar-refractivity contribution in [3.63, 3.8) is 0 Å². The van der Waals surface area contributed by atoms with Crippen LogP contribution in [0.1, 0.15) is 33.3 Å². The van der Waals surface area contributed by atoms with Crippen LogP contribution < -0.4 is 0 Å². The minimum atomic E-state index is -2.13. The molecule has 0 aromatic heterocycles. The van der Waals surface area contributed by atoms with Gasteiger partial charge in [-0.3, -0.25) is 0 Å². The Morgan fingerprint density at radius 2 is 1.81 bits per heavy atom. The van der Waals surface area contributed by atoms with Gasteiger partial charge in [0.15, 0.2) is 8.32 Å². The van der Waals surface area contributed by atoms with Gasteiger partial charge in [0.05, 0.1) is 20.3 Å². The number of hydrogen-bond donors (Lipinski definition) is 0. The summed E-state index contributed by atoms with van der Waals surface area (Å²) in [6.07, 6.45) is 1.22. The summed E-state index contributed by atoms with van der Waals surface area (Å²) in [6, 6.07) is 10.0. The van der Waals surface area contributed by atoms with Gasteiger partial charge >= 0.3 is 5.97 Å². The normalized spacial score (nSPS) is 15.7. The van der Waals surface area contributed by atoms with Gasteiger partial charge < -0.3 is 13.9 Å². The molecule has 0 amide bonds. The van der Waals surface area contributed by atoms with Crippen LogP contribution in [0.5, 0.6) is 0 Å². The van der Waals surface area contributed by atoms with E-state index in [-0.39, 0.29) is 22.8 Å². The van der Waals surface area contributed by atoms with Crippen molar-refractivity contribution in [2.75, 3.05) is 13.7 Å². The fraction of sp³-hybridized carbons (Fsp3) is 0.591. The van der Waals surface area contributed by atoms with Crippen molar-refractivity contribution in [3.05, 3.63) is 48.6 Å². The first-order valence-corrected chi connectivity index (χ1v) is 12.4. The van der Waals surface area contributed by atoms with Crippen LogP contribution in [0.3, 0.4) is 0 Å². The summed E-state index contributed by atoms with van der Waals surface area (Å²) < 4.78 is 17.4. The van der Waals surface area contributed by atoms with E-state index in [4.69, 9.17) is 13.9 Å². The van der Waals surface area contributed by atoms with E-state index in [9.17, 15) is 4.79 Å². The Kier molecular flexibility index (Phi) is 8.92. The van der Waals surface area contributed by atoms with Gasteiger partial charge in [-0.1, -0.05) is 64.1 Å². The first-order valence-electron chi connectivity index (χ1n) is 9.53. The number of hydrogen-bond acceptors (Lipinski definition) is 4. The fourth-order valence-electron chi connectivity index (χ4n) is 2.53. The van der Waals surface area contributed by atoms with Gasteiger partial charge in [0.2, 0.25) is 0 Å². The van der Waals surface area contributed by atoms with E-state index in [1.807, 2.05) is 43.3 Å². The van der Waals surface area contributed by atoms with Crippen LogP contribution in [0.2, 0.25) is 18.1 Å². The molecule has 0 saturated carbocycles. The smallest absolute Gasteiger partial charge is 0.334 e. The maximum Gasteiger partial charge on any atom is 0.334 e. The van der Waals surface area contributed by atoms with Crippen LogP contribution in [-0.4, -0.2) is 34.1 Å². The topological polar surface area (TPSA) is 44.8 Å². The van der Waals surface area contributed by atoms with E-state index in [0.29, 0.717) is 13.2 Å². The Labute approximate surface area is 166 Å². The van der Waals surface area contributed by atoms with Crippen molar-refractivity contribution in [1.29, 1.82) is 0 Å². The first kappa shape index (κ1) is 23.6. The van der Waals surface area contributed by atoms with Gasteiger partial charge in [-0.2, -0.15) is 0 Å². The minimum absolute atomic E-state index is 0.00642. The van der Waals surface area contributed by atoms with E-state index >= 15 is 0 Å². The average Bonchev–Trinajstić information content (AvgIpc) is 2.62. The molecule has 0 fully saturated rings. The van der Waals surface area contributed by atoms with Crippen molar-refractivity contribution in [1.82, 2.24) is 0 Å². The molecule has 0 aliphatic heterocycles. The monoisotopic (exact) mass is 392 g/mol. The SMILES string of the molecule is C=C[C@@H](COCc1ccccc1)[C@@H](C)[C@@H](O[Si](C)(C)C(C)(C)C)C(=O)OC. The van der Waals surface area contributed by atoms with Crippen molar-refractivity contribution < 1.29 is 18.7 Å². The fourth-order valence-corrected chi connectivity index (χ4v) is 3.83. The standard InChI is InChI=1S/C22H36O4Si/c1-9-19(16-25-15-18-13-11-10-12-14-18)17(2)20(21(23)24-6)26-27(7,8)22(3,4)5/h9-14,17,19-20H,1,15-16H2,2-8H3/t17-,19+,20-/m1/s1. The van der Waals surface area contributed by atoms with E-state index < -0.39 is 14.4 Å². The number of ether oxygens (including phenoxy) is 2. The molecule has 27 heavy (non-hydrogen) atoms. The third-order valence-corrected chi connectivity index (χ3v) is 9.99. The van der Waals surface area contributed by atoms with Gasteiger partial charge in [-0.25, -0.2) is 4.79 Å². The summed E-state index contributed by atoms with van der Waals surface area (Å²) in [5.41, 5.74) is 1.12. The third-order valence-electron chi connectivity index (χ3n) is 5.54. The van der Waals surface area contributed by atoms with Gasteiger partial charge in [-0.05, 0) is 23.7 Å². The predicted octanol–water partition coefficient (Wildman–Crippen LogP) is 5.20. The molecule has 0 saturated heterocycles. The molecule has 152 valence electrons. The van der Waals surface area contributed by atoms with Gasteiger partial charge in [0.25, 0.3) is 0 Å². The molecule has 0 bridgehead atoms. The maximum absolute atomic E-state index is 12.5. The Morgan fingerprint density at radius 3 is 2.30 bits per heavy atom. The number of carbonyl (C=O) groups excluding carboxylic acids is 1. The summed E-state index contributed by atoms with van der Waals surface area (Å²) in [4.78, 5) is 12.5. The molecule has 1 rings (SSSR count). The molecule has 1 aromatic rings. The highest BCUT2D eigenvalue weighted by molar-refractivity contribution is 6.74. The largest absolute Gasteiger partial charge is 0.467 e. The Morgan fingerprint density at radius 1 is 1.22 bits per heavy atom. The average molecular weight is 393 g/mol. The number of esters is 1. The highest BCUT2D eigenvalue weighted by Crippen LogP contribution is 2.39. The summed E-state index contributed by atoms with van der Waals surface area (Å²) in [5.74, 6) is -0.440. The quantitative estimate of drug-likeness (QED) is 0.312. The Balaban J connectivity index is 2.83. The lowest BCUT2D eigenvalue weighted by atomic mass is 9.90. The van der Waals surface area contributed by atoms with Gasteiger partial charge in [0.1, 0.15) is 6.10 Å². The van der Waals surface area contributed by atoms with Crippen molar-refractivity contribution in [2.45, 2.75) is 58.5 Å². The summed E-state index contributed by atoms with van der Waals surface area (Å²) in [6.45, 7) is 17.7. The highest BCUT2D eigenvalue weighted by Gasteiger charge is 2.43. The zero-order valence-corrected chi connectivity index (χ0v) is 19.0. The molecule has 0 heterocycles. The Hall–Kier alpha value is -1.43. The van der Waals surface area contributed by atoms with E-state index in [0.717, 1.165) is 5.56 Å². The molecule has 0 spiro atoms. The molecule has 0 aliphatic carbocycles. The summed E-state index contributed by atoms with van der Waals surface area (Å²) >= 11 is 0. The van der Waals surface area contributed by atoms with Crippen LogP contribution in [0.25, 0.3) is 0 Å². The van der Waals surface area contributed by atoms with Gasteiger partial charge in [-0.15, -0.1) is 6.58 Å². The lowest BCUT2D eigenvalue weighted by molar-refractivity contribution is -0.153. The molecule has 1 aromatic carbocycles. The molecule has 5 heteroatoms. The number of rotatable bonds is 10. The summed E-state index contributed by atoms with van der Waals surface area (Å²) in [5, 5.41) is 0.00642. The zero-order valence-electron chi connectivity index (χ0n) is 18.0. The molecule has 3 atom stereocenters. The van der Waals surface area contributed by atoms with Crippen LogP contribution >= 0.6 is 0 Å². The first-order chi connectivity index (χ1) is 12.5. The zero-order chi connectivity index (χ0) is 20.7. The van der Waals surface area contributed by atoms with Crippen LogP contribution in [0.4, 0.5) is 0 Å². The second kappa shape index (κ2) is 10.2. The lowest BCUT2D eigenvalue weighted by Crippen LogP contribution is -2.49. The second-order valence-corrected chi connectivity index (χ2v) is 13.3. The Bertz CT molecular complexity index is 592. The number of methoxy groups -OCH3 is 1. The molecule has 0 N–H and O–H groups in total. The van der Waals surface area contributed by atoms with E-state index in [1.165, 1.54) is 7.11 Å². The number of benzene rings is 1. The minimum Gasteiger partial charge on any atom is -0.467 e. The molecule has 0 aliphatic rings. The second-order valence-electron chi connectivity index (χ2n) is 8.58.